The maximum Gasteiger partial charge on any atom is 0.257 e. The summed E-state index contributed by atoms with van der Waals surface area (Å²) in [6, 6.07) is 11.9. The van der Waals surface area contributed by atoms with Crippen molar-refractivity contribution < 1.29 is 14.3 Å². The van der Waals surface area contributed by atoms with E-state index in [0.717, 1.165) is 11.3 Å². The van der Waals surface area contributed by atoms with Crippen LogP contribution in [-0.2, 0) is 4.74 Å². The quantitative estimate of drug-likeness (QED) is 0.821. The smallest absolute Gasteiger partial charge is 0.257 e. The van der Waals surface area contributed by atoms with Crippen LogP contribution in [0, 0.1) is 12.3 Å². The summed E-state index contributed by atoms with van der Waals surface area (Å²) in [5.41, 5.74) is 2.34. The third-order valence-corrected chi connectivity index (χ3v) is 4.98. The van der Waals surface area contributed by atoms with Crippen molar-refractivity contribution in [3.8, 4) is 5.75 Å². The predicted molar refractivity (Wildman–Crippen MR) is 105 cm³/mol. The van der Waals surface area contributed by atoms with Gasteiger partial charge in [-0.1, -0.05) is 51.1 Å². The summed E-state index contributed by atoms with van der Waals surface area (Å²) in [6.45, 7) is 9.37. The van der Waals surface area contributed by atoms with Gasteiger partial charge in [0.2, 0.25) is 0 Å². The molecule has 1 aliphatic rings. The van der Waals surface area contributed by atoms with Crippen LogP contribution in [0.15, 0.2) is 42.6 Å². The largest absolute Gasteiger partial charge is 0.494 e. The van der Waals surface area contributed by atoms with E-state index < -0.39 is 0 Å². The standard InChI is InChI=1S/C22H28N2O3/c1-15-11-17(18(26-5)12-23-15)21(25)24-13-19(16-9-7-6-8-10-16)27-20(14-24)22(2,3)4/h6-12,19-20H,13-14H2,1-5H3/t19-,20+/m0/s1. The number of ether oxygens (including phenoxy) is 2. The van der Waals surface area contributed by atoms with Crippen LogP contribution in [0.3, 0.4) is 0 Å². The minimum atomic E-state index is -0.151. The highest BCUT2D eigenvalue weighted by Gasteiger charge is 2.38. The van der Waals surface area contributed by atoms with E-state index >= 15 is 0 Å². The number of rotatable bonds is 3. The van der Waals surface area contributed by atoms with Gasteiger partial charge < -0.3 is 14.4 Å². The Morgan fingerprint density at radius 2 is 1.93 bits per heavy atom. The molecule has 1 aliphatic heterocycles. The second kappa shape index (κ2) is 7.69. The van der Waals surface area contributed by atoms with E-state index in [4.69, 9.17) is 9.47 Å². The summed E-state index contributed by atoms with van der Waals surface area (Å²) in [4.78, 5) is 19.5. The van der Waals surface area contributed by atoms with Crippen molar-refractivity contribution in [2.75, 3.05) is 20.2 Å². The van der Waals surface area contributed by atoms with Gasteiger partial charge in [-0.3, -0.25) is 9.78 Å². The van der Waals surface area contributed by atoms with Gasteiger partial charge in [0.25, 0.3) is 5.91 Å². The van der Waals surface area contributed by atoms with Crippen LogP contribution in [0.2, 0.25) is 0 Å². The topological polar surface area (TPSA) is 51.7 Å². The minimum Gasteiger partial charge on any atom is -0.494 e. The van der Waals surface area contributed by atoms with Gasteiger partial charge in [-0.2, -0.15) is 0 Å². The zero-order chi connectivity index (χ0) is 19.6. The van der Waals surface area contributed by atoms with Gasteiger partial charge in [0, 0.05) is 12.2 Å². The van der Waals surface area contributed by atoms with E-state index in [1.54, 1.807) is 19.4 Å². The summed E-state index contributed by atoms with van der Waals surface area (Å²) >= 11 is 0. The van der Waals surface area contributed by atoms with Crippen LogP contribution in [0.5, 0.6) is 5.75 Å². The van der Waals surface area contributed by atoms with Crippen molar-refractivity contribution in [1.82, 2.24) is 9.88 Å². The van der Waals surface area contributed by atoms with Crippen molar-refractivity contribution in [2.24, 2.45) is 5.41 Å². The normalized spacial score (nSPS) is 20.4. The molecule has 27 heavy (non-hydrogen) atoms. The number of nitrogens with zero attached hydrogens (tertiary/aromatic N) is 2. The van der Waals surface area contributed by atoms with E-state index in [1.165, 1.54) is 0 Å². The fourth-order valence-electron chi connectivity index (χ4n) is 3.30. The monoisotopic (exact) mass is 368 g/mol. The fourth-order valence-corrected chi connectivity index (χ4v) is 3.30. The maximum atomic E-state index is 13.3. The molecule has 5 nitrogen and oxygen atoms in total. The maximum absolute atomic E-state index is 13.3. The number of pyridine rings is 1. The lowest BCUT2D eigenvalue weighted by Gasteiger charge is -2.43. The Morgan fingerprint density at radius 3 is 2.56 bits per heavy atom. The molecule has 144 valence electrons. The van der Waals surface area contributed by atoms with Gasteiger partial charge in [0.05, 0.1) is 31.5 Å². The number of morpholine rings is 1. The molecule has 0 spiro atoms. The summed E-state index contributed by atoms with van der Waals surface area (Å²) in [5.74, 6) is 0.455. The van der Waals surface area contributed by atoms with E-state index in [-0.39, 0.29) is 23.5 Å². The molecule has 3 rings (SSSR count). The lowest BCUT2D eigenvalue weighted by Crippen LogP contribution is -2.51. The molecule has 2 aromatic rings. The Morgan fingerprint density at radius 1 is 1.22 bits per heavy atom. The molecule has 1 aromatic heterocycles. The molecule has 0 saturated carbocycles. The van der Waals surface area contributed by atoms with E-state index in [2.05, 4.69) is 37.9 Å². The van der Waals surface area contributed by atoms with E-state index in [0.29, 0.717) is 24.4 Å². The molecular formula is C22H28N2O3. The summed E-state index contributed by atoms with van der Waals surface area (Å²) in [7, 11) is 1.56. The van der Waals surface area contributed by atoms with Crippen LogP contribution >= 0.6 is 0 Å². The van der Waals surface area contributed by atoms with E-state index in [9.17, 15) is 4.79 Å². The number of carbonyl (C=O) groups is 1. The first-order chi connectivity index (χ1) is 12.8. The second-order valence-electron chi connectivity index (χ2n) is 8.13. The Balaban J connectivity index is 1.93. The molecule has 2 atom stereocenters. The zero-order valence-corrected chi connectivity index (χ0v) is 16.7. The first-order valence-electron chi connectivity index (χ1n) is 9.30. The molecule has 0 bridgehead atoms. The zero-order valence-electron chi connectivity index (χ0n) is 16.7. The average molecular weight is 368 g/mol. The third-order valence-electron chi connectivity index (χ3n) is 4.98. The van der Waals surface area contributed by atoms with Gasteiger partial charge in [0.1, 0.15) is 11.9 Å². The predicted octanol–water partition coefficient (Wildman–Crippen LogP) is 4.03. The van der Waals surface area contributed by atoms with Gasteiger partial charge in [-0.25, -0.2) is 0 Å². The van der Waals surface area contributed by atoms with Crippen LogP contribution in [0.25, 0.3) is 0 Å². The number of carbonyl (C=O) groups excluding carboxylic acids is 1. The first kappa shape index (κ1) is 19.4. The van der Waals surface area contributed by atoms with Crippen molar-refractivity contribution in [3.63, 3.8) is 0 Å². The Hall–Kier alpha value is -2.40. The van der Waals surface area contributed by atoms with E-state index in [1.807, 2.05) is 30.0 Å². The van der Waals surface area contributed by atoms with Gasteiger partial charge >= 0.3 is 0 Å². The first-order valence-corrected chi connectivity index (χ1v) is 9.30. The molecule has 5 heteroatoms. The van der Waals surface area contributed by atoms with Crippen molar-refractivity contribution >= 4 is 5.91 Å². The third kappa shape index (κ3) is 4.30. The number of aromatic nitrogens is 1. The highest BCUT2D eigenvalue weighted by Crippen LogP contribution is 2.34. The van der Waals surface area contributed by atoms with Crippen molar-refractivity contribution in [1.29, 1.82) is 0 Å². The highest BCUT2D eigenvalue weighted by atomic mass is 16.5. The fraction of sp³-hybridized carbons (Fsp3) is 0.455. The molecule has 1 aromatic carbocycles. The molecule has 1 amide bonds. The molecule has 0 N–H and O–H groups in total. The number of hydrogen-bond acceptors (Lipinski definition) is 4. The molecule has 1 fully saturated rings. The van der Waals surface area contributed by atoms with Crippen LogP contribution < -0.4 is 4.74 Å². The van der Waals surface area contributed by atoms with Crippen molar-refractivity contribution in [2.45, 2.75) is 39.9 Å². The molecule has 2 heterocycles. The molecular weight excluding hydrogens is 340 g/mol. The SMILES string of the molecule is COc1cnc(C)cc1C(=O)N1C[C@@H](c2ccccc2)O[C@@H](C(C)(C)C)C1. The number of methoxy groups -OCH3 is 1. The highest BCUT2D eigenvalue weighted by molar-refractivity contribution is 5.97. The molecule has 1 saturated heterocycles. The molecule has 0 aliphatic carbocycles. The number of hydrogen-bond donors (Lipinski definition) is 0. The van der Waals surface area contributed by atoms with Crippen LogP contribution in [0.4, 0.5) is 0 Å². The lowest BCUT2D eigenvalue weighted by molar-refractivity contribution is -0.119. The Labute approximate surface area is 161 Å². The van der Waals surface area contributed by atoms with Gasteiger partial charge in [-0.05, 0) is 24.0 Å². The van der Waals surface area contributed by atoms with Crippen LogP contribution in [-0.4, -0.2) is 42.1 Å². The number of amides is 1. The summed E-state index contributed by atoms with van der Waals surface area (Å²) in [5, 5.41) is 0. The number of aryl methyl sites for hydroxylation is 1. The Kier molecular flexibility index (Phi) is 5.51. The number of benzene rings is 1. The molecule has 0 radical (unpaired) electrons. The van der Waals surface area contributed by atoms with Crippen LogP contribution in [0.1, 0.15) is 48.5 Å². The van der Waals surface area contributed by atoms with Gasteiger partial charge in [0.15, 0.2) is 0 Å². The second-order valence-corrected chi connectivity index (χ2v) is 8.13. The lowest BCUT2D eigenvalue weighted by atomic mass is 9.87. The summed E-state index contributed by atoms with van der Waals surface area (Å²) in [6.07, 6.45) is 1.40. The summed E-state index contributed by atoms with van der Waals surface area (Å²) < 4.78 is 11.8. The average Bonchev–Trinajstić information content (AvgIpc) is 2.67. The van der Waals surface area contributed by atoms with Gasteiger partial charge in [-0.15, -0.1) is 0 Å². The minimum absolute atomic E-state index is 0.0455. The van der Waals surface area contributed by atoms with Crippen molar-refractivity contribution in [3.05, 3.63) is 59.4 Å². The Bertz CT molecular complexity index is 799. The molecule has 0 unspecified atom stereocenters.